The molecule has 9 heteroatoms. The number of amides is 2. The van der Waals surface area contributed by atoms with Gasteiger partial charge < -0.3 is 28.8 Å². The molecule has 34 heavy (non-hydrogen) atoms. The van der Waals surface area contributed by atoms with Crippen LogP contribution in [0.25, 0.3) is 0 Å². The average Bonchev–Trinajstić information content (AvgIpc) is 3.52. The zero-order valence-corrected chi connectivity index (χ0v) is 19.4. The molecule has 1 aromatic carbocycles. The Hall–Kier alpha value is -3.59. The number of aromatic nitrogens is 3. The van der Waals surface area contributed by atoms with Crippen LogP contribution >= 0.6 is 0 Å². The highest BCUT2D eigenvalue weighted by Gasteiger charge is 2.47. The van der Waals surface area contributed by atoms with Crippen molar-refractivity contribution in [1.82, 2.24) is 24.3 Å². The number of rotatable bonds is 5. The van der Waals surface area contributed by atoms with E-state index in [0.717, 1.165) is 17.1 Å². The van der Waals surface area contributed by atoms with Gasteiger partial charge in [0.05, 0.1) is 13.7 Å². The van der Waals surface area contributed by atoms with Crippen molar-refractivity contribution in [1.29, 1.82) is 0 Å². The maximum absolute atomic E-state index is 13.1. The van der Waals surface area contributed by atoms with Gasteiger partial charge in [-0.25, -0.2) is 4.98 Å². The number of hydrogen-bond donors (Lipinski definition) is 1. The molecule has 2 aliphatic heterocycles. The first kappa shape index (κ1) is 22.2. The molecule has 1 N–H and O–H groups in total. The third-order valence-electron chi connectivity index (χ3n) is 6.79. The third kappa shape index (κ3) is 4.07. The second-order valence-electron chi connectivity index (χ2n) is 8.87. The third-order valence-corrected chi connectivity index (χ3v) is 6.79. The van der Waals surface area contributed by atoms with Gasteiger partial charge in [0.2, 0.25) is 0 Å². The van der Waals surface area contributed by atoms with Crippen LogP contribution in [-0.4, -0.2) is 57.1 Å². The molecule has 1 fully saturated rings. The maximum atomic E-state index is 13.1. The number of ether oxygens (including phenoxy) is 2. The van der Waals surface area contributed by atoms with Crippen molar-refractivity contribution in [2.75, 3.05) is 20.2 Å². The summed E-state index contributed by atoms with van der Waals surface area (Å²) in [6.07, 6.45) is 6.06. The molecule has 0 aliphatic carbocycles. The average molecular weight is 464 g/mol. The van der Waals surface area contributed by atoms with E-state index in [9.17, 15) is 9.59 Å². The summed E-state index contributed by atoms with van der Waals surface area (Å²) in [6, 6.07) is 11.3. The van der Waals surface area contributed by atoms with Crippen molar-refractivity contribution >= 4 is 11.8 Å². The highest BCUT2D eigenvalue weighted by Crippen LogP contribution is 2.40. The molecule has 9 nitrogen and oxygen atoms in total. The molecule has 0 bridgehead atoms. The predicted molar refractivity (Wildman–Crippen MR) is 124 cm³/mol. The van der Waals surface area contributed by atoms with E-state index < -0.39 is 11.7 Å². The van der Waals surface area contributed by atoms with Gasteiger partial charge in [-0.1, -0.05) is 12.1 Å². The van der Waals surface area contributed by atoms with Gasteiger partial charge in [0.25, 0.3) is 11.8 Å². The van der Waals surface area contributed by atoms with Crippen LogP contribution in [0, 0.1) is 0 Å². The molecule has 2 aromatic heterocycles. The normalized spacial score (nSPS) is 19.0. The standard InChI is InChI=1S/C25H29N5O4/c1-28-12-3-4-20(28)23(32)29-13-9-25(10-14-29)24-26-11-15-30(24)17-21(34-25)22(31)27-16-18-5-7-19(33-2)8-6-18/h3-8,11-12,15,21H,9-10,13-14,16-17H2,1-2H3,(H,27,31). The molecule has 4 heterocycles. The van der Waals surface area contributed by atoms with Crippen molar-refractivity contribution in [3.63, 3.8) is 0 Å². The number of carbonyl (C=O) groups is 2. The predicted octanol–water partition coefficient (Wildman–Crippen LogP) is 2.08. The molecule has 1 spiro atoms. The summed E-state index contributed by atoms with van der Waals surface area (Å²) in [5, 5.41) is 3.00. The number of likely N-dealkylation sites (tertiary alicyclic amines) is 1. The SMILES string of the molecule is COc1ccc(CNC(=O)C2Cn3ccnc3C3(CCN(C(=O)c4cccn4C)CC3)O2)cc1. The molecule has 178 valence electrons. The molecular formula is C25H29N5O4. The van der Waals surface area contributed by atoms with Gasteiger partial charge in [-0.15, -0.1) is 0 Å². The van der Waals surface area contributed by atoms with Gasteiger partial charge in [0, 0.05) is 58.1 Å². The first-order valence-corrected chi connectivity index (χ1v) is 11.5. The smallest absolute Gasteiger partial charge is 0.270 e. The molecule has 0 saturated carbocycles. The van der Waals surface area contributed by atoms with Gasteiger partial charge in [-0.2, -0.15) is 0 Å². The van der Waals surface area contributed by atoms with E-state index >= 15 is 0 Å². The number of nitrogens with zero attached hydrogens (tertiary/aromatic N) is 4. The van der Waals surface area contributed by atoms with E-state index in [1.54, 1.807) is 13.3 Å². The second-order valence-corrected chi connectivity index (χ2v) is 8.87. The lowest BCUT2D eigenvalue weighted by Gasteiger charge is -2.45. The number of carbonyl (C=O) groups excluding carboxylic acids is 2. The van der Waals surface area contributed by atoms with Gasteiger partial charge in [0.1, 0.15) is 22.9 Å². The lowest BCUT2D eigenvalue weighted by molar-refractivity contribution is -0.172. The second kappa shape index (κ2) is 8.98. The molecule has 0 radical (unpaired) electrons. The number of aryl methyl sites for hydroxylation is 1. The molecule has 1 atom stereocenters. The Kier molecular flexibility index (Phi) is 5.87. The number of fused-ring (bicyclic) bond motifs is 2. The fraction of sp³-hybridized carbons (Fsp3) is 0.400. The Bertz CT molecular complexity index is 1170. The molecule has 5 rings (SSSR count). The molecule has 3 aromatic rings. The van der Waals surface area contributed by atoms with Crippen molar-refractivity contribution in [2.24, 2.45) is 7.05 Å². The number of methoxy groups -OCH3 is 1. The van der Waals surface area contributed by atoms with Crippen molar-refractivity contribution < 1.29 is 19.1 Å². The van der Waals surface area contributed by atoms with Crippen LogP contribution in [0.3, 0.4) is 0 Å². The summed E-state index contributed by atoms with van der Waals surface area (Å²) in [6.45, 7) is 1.90. The highest BCUT2D eigenvalue weighted by molar-refractivity contribution is 5.92. The van der Waals surface area contributed by atoms with Crippen LogP contribution in [0.2, 0.25) is 0 Å². The summed E-state index contributed by atoms with van der Waals surface area (Å²) in [5.41, 5.74) is 0.961. The van der Waals surface area contributed by atoms with Crippen LogP contribution in [0.5, 0.6) is 5.75 Å². The number of piperidine rings is 1. The fourth-order valence-corrected chi connectivity index (χ4v) is 4.84. The Labute approximate surface area is 198 Å². The lowest BCUT2D eigenvalue weighted by Crippen LogP contribution is -2.54. The van der Waals surface area contributed by atoms with Crippen LogP contribution < -0.4 is 10.1 Å². The van der Waals surface area contributed by atoms with Crippen LogP contribution in [0.4, 0.5) is 0 Å². The van der Waals surface area contributed by atoms with Crippen LogP contribution in [0.15, 0.2) is 55.0 Å². The minimum Gasteiger partial charge on any atom is -0.497 e. The summed E-state index contributed by atoms with van der Waals surface area (Å²) in [4.78, 5) is 32.4. The number of nitrogens with one attached hydrogen (secondary N) is 1. The highest BCUT2D eigenvalue weighted by atomic mass is 16.5. The summed E-state index contributed by atoms with van der Waals surface area (Å²) < 4.78 is 15.5. The quantitative estimate of drug-likeness (QED) is 0.626. The molecule has 2 aliphatic rings. The van der Waals surface area contributed by atoms with Gasteiger partial charge in [-0.3, -0.25) is 9.59 Å². The fourth-order valence-electron chi connectivity index (χ4n) is 4.84. The molecule has 1 saturated heterocycles. The number of hydrogen-bond acceptors (Lipinski definition) is 5. The van der Waals surface area contributed by atoms with Gasteiger partial charge in [0.15, 0.2) is 6.10 Å². The zero-order valence-electron chi connectivity index (χ0n) is 19.4. The van der Waals surface area contributed by atoms with E-state index in [0.29, 0.717) is 44.7 Å². The van der Waals surface area contributed by atoms with E-state index in [-0.39, 0.29) is 11.8 Å². The van der Waals surface area contributed by atoms with Crippen molar-refractivity contribution in [2.45, 2.75) is 37.6 Å². The summed E-state index contributed by atoms with van der Waals surface area (Å²) in [5.74, 6) is 1.46. The first-order valence-electron chi connectivity index (χ1n) is 11.5. The van der Waals surface area contributed by atoms with E-state index in [4.69, 9.17) is 9.47 Å². The molecule has 2 amide bonds. The van der Waals surface area contributed by atoms with Crippen molar-refractivity contribution in [3.8, 4) is 5.75 Å². The number of benzene rings is 1. The lowest BCUT2D eigenvalue weighted by atomic mass is 9.88. The number of imidazole rings is 1. The Morgan fingerprint density at radius 3 is 2.62 bits per heavy atom. The molecule has 1 unspecified atom stereocenters. The Balaban J connectivity index is 1.26. The minimum absolute atomic E-state index is 0.00952. The van der Waals surface area contributed by atoms with E-state index in [1.807, 2.05) is 69.9 Å². The van der Waals surface area contributed by atoms with E-state index in [1.165, 1.54) is 0 Å². The van der Waals surface area contributed by atoms with Gasteiger partial charge in [-0.05, 0) is 29.8 Å². The Morgan fingerprint density at radius 1 is 1.18 bits per heavy atom. The summed E-state index contributed by atoms with van der Waals surface area (Å²) in [7, 11) is 3.49. The maximum Gasteiger partial charge on any atom is 0.270 e. The largest absolute Gasteiger partial charge is 0.497 e. The Morgan fingerprint density at radius 2 is 1.94 bits per heavy atom. The monoisotopic (exact) mass is 463 g/mol. The van der Waals surface area contributed by atoms with Gasteiger partial charge >= 0.3 is 0 Å². The summed E-state index contributed by atoms with van der Waals surface area (Å²) >= 11 is 0. The topological polar surface area (TPSA) is 90.6 Å². The van der Waals surface area contributed by atoms with Crippen LogP contribution in [0.1, 0.15) is 34.7 Å². The zero-order chi connectivity index (χ0) is 23.7. The van der Waals surface area contributed by atoms with Crippen molar-refractivity contribution in [3.05, 3.63) is 72.1 Å². The minimum atomic E-state index is -0.686. The first-order chi connectivity index (χ1) is 16.5. The van der Waals surface area contributed by atoms with Crippen LogP contribution in [-0.2, 0) is 35.3 Å². The van der Waals surface area contributed by atoms with E-state index in [2.05, 4.69) is 10.3 Å². The molecular weight excluding hydrogens is 434 g/mol.